The maximum absolute atomic E-state index is 5.48. The van der Waals surface area contributed by atoms with E-state index >= 15 is 0 Å². The predicted octanol–water partition coefficient (Wildman–Crippen LogP) is 4.32. The van der Waals surface area contributed by atoms with Gasteiger partial charge < -0.3 is 4.74 Å². The summed E-state index contributed by atoms with van der Waals surface area (Å²) in [5.74, 6) is 0.823. The van der Waals surface area contributed by atoms with Crippen molar-refractivity contribution in [1.82, 2.24) is 0 Å². The van der Waals surface area contributed by atoms with Crippen LogP contribution in [0.25, 0.3) is 10.8 Å². The van der Waals surface area contributed by atoms with E-state index in [-0.39, 0.29) is 0 Å². The van der Waals surface area contributed by atoms with Gasteiger partial charge in [0, 0.05) is 12.6 Å². The monoisotopic (exact) mass is 290 g/mol. The highest BCUT2D eigenvalue weighted by Gasteiger charge is 2.06. The van der Waals surface area contributed by atoms with Gasteiger partial charge in [0.05, 0.1) is 19.0 Å². The molecule has 3 heteroatoms. The maximum atomic E-state index is 5.48. The minimum absolute atomic E-state index is 0.823. The molecule has 0 aromatic heterocycles. The summed E-state index contributed by atoms with van der Waals surface area (Å²) in [4.78, 5) is 0. The molecule has 0 aliphatic rings. The van der Waals surface area contributed by atoms with E-state index in [1.54, 1.807) is 7.11 Å². The summed E-state index contributed by atoms with van der Waals surface area (Å²) in [6.07, 6.45) is 1.86. The van der Waals surface area contributed by atoms with Crippen LogP contribution in [-0.4, -0.2) is 20.4 Å². The van der Waals surface area contributed by atoms with Crippen LogP contribution >= 0.6 is 0 Å². The molecule has 110 valence electrons. The molecule has 0 heterocycles. The van der Waals surface area contributed by atoms with Gasteiger partial charge in [-0.1, -0.05) is 48.5 Å². The number of fused-ring (bicyclic) bond motifs is 1. The normalized spacial score (nSPS) is 11.0. The molecule has 0 fully saturated rings. The summed E-state index contributed by atoms with van der Waals surface area (Å²) >= 11 is 0. The van der Waals surface area contributed by atoms with Crippen LogP contribution < -0.4 is 9.75 Å². The zero-order valence-corrected chi connectivity index (χ0v) is 12.7. The molecule has 0 bridgehead atoms. The second-order valence-corrected chi connectivity index (χ2v) is 5.01. The standard InChI is InChI=1S/C19H18N2O/c1-21(16-9-4-3-5-10-16)20-14-18-17-11-7-6-8-15(17)12-13-19(18)22-2/h3-14H,1-2H3/b20-14+. The molecule has 0 spiro atoms. The fraction of sp³-hybridized carbons (Fsp3) is 0.105. The average Bonchev–Trinajstić information content (AvgIpc) is 2.60. The largest absolute Gasteiger partial charge is 0.496 e. The van der Waals surface area contributed by atoms with Gasteiger partial charge in [-0.2, -0.15) is 5.10 Å². The molecule has 3 aromatic rings. The Bertz CT molecular complexity index is 797. The topological polar surface area (TPSA) is 24.8 Å². The molecule has 0 atom stereocenters. The number of rotatable bonds is 4. The van der Waals surface area contributed by atoms with Gasteiger partial charge in [-0.25, -0.2) is 0 Å². The van der Waals surface area contributed by atoms with Gasteiger partial charge in [0.1, 0.15) is 5.75 Å². The third-order valence-corrected chi connectivity index (χ3v) is 3.64. The summed E-state index contributed by atoms with van der Waals surface area (Å²) in [6.45, 7) is 0. The number of hydrogen-bond donors (Lipinski definition) is 0. The minimum atomic E-state index is 0.823. The van der Waals surface area contributed by atoms with Crippen molar-refractivity contribution in [2.45, 2.75) is 0 Å². The van der Waals surface area contributed by atoms with Crippen molar-refractivity contribution in [3.8, 4) is 5.75 Å². The van der Waals surface area contributed by atoms with Crippen molar-refractivity contribution >= 4 is 22.7 Å². The third kappa shape index (κ3) is 2.79. The Morgan fingerprint density at radius 2 is 1.64 bits per heavy atom. The molecule has 3 rings (SSSR count). The molecule has 0 aliphatic heterocycles. The number of para-hydroxylation sites is 1. The smallest absolute Gasteiger partial charge is 0.128 e. The van der Waals surface area contributed by atoms with Crippen molar-refractivity contribution in [3.63, 3.8) is 0 Å². The lowest BCUT2D eigenvalue weighted by Gasteiger charge is -2.13. The quantitative estimate of drug-likeness (QED) is 0.528. The molecular formula is C19H18N2O. The number of nitrogens with zero attached hydrogens (tertiary/aromatic N) is 2. The maximum Gasteiger partial charge on any atom is 0.128 e. The van der Waals surface area contributed by atoms with Gasteiger partial charge in [0.25, 0.3) is 0 Å². The lowest BCUT2D eigenvalue weighted by molar-refractivity contribution is 0.415. The van der Waals surface area contributed by atoms with E-state index in [2.05, 4.69) is 23.3 Å². The predicted molar refractivity (Wildman–Crippen MR) is 92.9 cm³/mol. The molecule has 0 amide bonds. The Morgan fingerprint density at radius 1 is 0.909 bits per heavy atom. The van der Waals surface area contributed by atoms with E-state index in [1.165, 1.54) is 5.39 Å². The summed E-state index contributed by atoms with van der Waals surface area (Å²) in [6, 6.07) is 22.3. The van der Waals surface area contributed by atoms with Crippen molar-refractivity contribution in [3.05, 3.63) is 72.3 Å². The molecule has 0 saturated carbocycles. The van der Waals surface area contributed by atoms with Gasteiger partial charge in [0.15, 0.2) is 0 Å². The van der Waals surface area contributed by atoms with Crippen LogP contribution in [0.4, 0.5) is 5.69 Å². The van der Waals surface area contributed by atoms with Crippen LogP contribution in [0, 0.1) is 0 Å². The Kier molecular flexibility index (Phi) is 4.05. The summed E-state index contributed by atoms with van der Waals surface area (Å²) < 4.78 is 5.48. The van der Waals surface area contributed by atoms with Gasteiger partial charge >= 0.3 is 0 Å². The first-order chi connectivity index (χ1) is 10.8. The minimum Gasteiger partial charge on any atom is -0.496 e. The average molecular weight is 290 g/mol. The van der Waals surface area contributed by atoms with Crippen molar-refractivity contribution in [2.24, 2.45) is 5.10 Å². The highest BCUT2D eigenvalue weighted by molar-refractivity contribution is 6.02. The molecule has 0 saturated heterocycles. The number of methoxy groups -OCH3 is 1. The van der Waals surface area contributed by atoms with E-state index in [1.807, 2.05) is 66.8 Å². The zero-order valence-electron chi connectivity index (χ0n) is 12.7. The first-order valence-corrected chi connectivity index (χ1v) is 7.18. The fourth-order valence-corrected chi connectivity index (χ4v) is 2.44. The van der Waals surface area contributed by atoms with E-state index < -0.39 is 0 Å². The summed E-state index contributed by atoms with van der Waals surface area (Å²) in [5.41, 5.74) is 2.03. The number of anilines is 1. The van der Waals surface area contributed by atoms with Crippen molar-refractivity contribution in [2.75, 3.05) is 19.2 Å². The molecule has 0 aliphatic carbocycles. The van der Waals surface area contributed by atoms with Gasteiger partial charge in [0.2, 0.25) is 0 Å². The molecule has 0 unspecified atom stereocenters. The molecule has 3 aromatic carbocycles. The fourth-order valence-electron chi connectivity index (χ4n) is 2.44. The van der Waals surface area contributed by atoms with Gasteiger partial charge in [-0.15, -0.1) is 0 Å². The molecule has 22 heavy (non-hydrogen) atoms. The lowest BCUT2D eigenvalue weighted by Crippen LogP contribution is -2.08. The Balaban J connectivity index is 2.00. The van der Waals surface area contributed by atoms with E-state index in [0.29, 0.717) is 0 Å². The molecule has 0 N–H and O–H groups in total. The zero-order chi connectivity index (χ0) is 15.4. The second-order valence-electron chi connectivity index (χ2n) is 5.01. The SMILES string of the molecule is COc1ccc2ccccc2c1/C=N/N(C)c1ccccc1. The Labute approximate surface area is 130 Å². The highest BCUT2D eigenvalue weighted by Crippen LogP contribution is 2.26. The van der Waals surface area contributed by atoms with Crippen molar-refractivity contribution in [1.29, 1.82) is 0 Å². The van der Waals surface area contributed by atoms with Crippen LogP contribution in [-0.2, 0) is 0 Å². The molecular weight excluding hydrogens is 272 g/mol. The summed E-state index contributed by atoms with van der Waals surface area (Å²) in [7, 11) is 3.62. The number of hydrogen-bond acceptors (Lipinski definition) is 3. The van der Waals surface area contributed by atoms with Gasteiger partial charge in [-0.05, 0) is 29.0 Å². The van der Waals surface area contributed by atoms with Crippen LogP contribution in [0.5, 0.6) is 5.75 Å². The van der Waals surface area contributed by atoms with Gasteiger partial charge in [-0.3, -0.25) is 5.01 Å². The van der Waals surface area contributed by atoms with E-state index in [4.69, 9.17) is 4.74 Å². The number of hydrazone groups is 1. The summed E-state index contributed by atoms with van der Waals surface area (Å²) in [5, 5.41) is 8.70. The Morgan fingerprint density at radius 3 is 2.41 bits per heavy atom. The number of benzene rings is 3. The third-order valence-electron chi connectivity index (χ3n) is 3.64. The van der Waals surface area contributed by atoms with E-state index in [0.717, 1.165) is 22.4 Å². The van der Waals surface area contributed by atoms with Crippen LogP contribution in [0.3, 0.4) is 0 Å². The van der Waals surface area contributed by atoms with Crippen LogP contribution in [0.15, 0.2) is 71.8 Å². The highest BCUT2D eigenvalue weighted by atomic mass is 16.5. The van der Waals surface area contributed by atoms with Crippen molar-refractivity contribution < 1.29 is 4.74 Å². The first-order valence-electron chi connectivity index (χ1n) is 7.18. The number of ether oxygens (including phenoxy) is 1. The van der Waals surface area contributed by atoms with E-state index in [9.17, 15) is 0 Å². The molecule has 3 nitrogen and oxygen atoms in total. The Hall–Kier alpha value is -2.81. The van der Waals surface area contributed by atoms with Crippen LogP contribution in [0.1, 0.15) is 5.56 Å². The molecule has 0 radical (unpaired) electrons. The lowest BCUT2D eigenvalue weighted by atomic mass is 10.0. The van der Waals surface area contributed by atoms with Crippen LogP contribution in [0.2, 0.25) is 0 Å². The second kappa shape index (κ2) is 6.31. The first kappa shape index (κ1) is 14.1.